The minimum Gasteiger partial charge on any atom is -0.506 e. The summed E-state index contributed by atoms with van der Waals surface area (Å²) >= 11 is 0. The molecule has 1 aliphatic rings. The van der Waals surface area contributed by atoms with Crippen LogP contribution in [0.1, 0.15) is 78.8 Å². The maximum Gasteiger partial charge on any atom is 0.405 e. The van der Waals surface area contributed by atoms with E-state index in [1.54, 1.807) is 26.0 Å². The van der Waals surface area contributed by atoms with Crippen molar-refractivity contribution < 1.29 is 42.8 Å². The fourth-order valence-electron chi connectivity index (χ4n) is 5.65. The molecule has 1 aliphatic heterocycles. The largest absolute Gasteiger partial charge is 0.506 e. The molecule has 0 saturated carbocycles. The topological polar surface area (TPSA) is 270 Å². The molecule has 0 saturated heterocycles. The van der Waals surface area contributed by atoms with E-state index in [1.165, 1.54) is 39.6 Å². The summed E-state index contributed by atoms with van der Waals surface area (Å²) < 4.78 is 13.9. The van der Waals surface area contributed by atoms with Crippen molar-refractivity contribution in [2.45, 2.75) is 47.1 Å². The molecule has 0 radical (unpaired) electrons. The summed E-state index contributed by atoms with van der Waals surface area (Å²) in [6.45, 7) is 6.86. The number of primary amides is 2. The van der Waals surface area contributed by atoms with Crippen LogP contribution < -0.4 is 22.1 Å². The highest BCUT2D eigenvalue weighted by atomic mass is 16.4. The zero-order chi connectivity index (χ0) is 37.4. The van der Waals surface area contributed by atoms with Crippen LogP contribution in [0.2, 0.25) is 0 Å². The number of aryl methyl sites for hydroxylation is 4. The van der Waals surface area contributed by atoms with Crippen molar-refractivity contribution in [3.8, 4) is 11.5 Å². The van der Waals surface area contributed by atoms with Crippen LogP contribution in [0, 0.1) is 13.8 Å². The van der Waals surface area contributed by atoms with Crippen molar-refractivity contribution in [3.63, 3.8) is 0 Å². The number of guanidine groups is 1. The predicted octanol–water partition coefficient (Wildman–Crippen LogP) is 3.02. The Hall–Kier alpha value is -7.11. The minimum absolute atomic E-state index is 0.00272. The second-order valence-corrected chi connectivity index (χ2v) is 11.5. The fourth-order valence-corrected chi connectivity index (χ4v) is 5.65. The van der Waals surface area contributed by atoms with Crippen molar-refractivity contribution in [3.05, 3.63) is 82.2 Å². The van der Waals surface area contributed by atoms with Gasteiger partial charge in [0.15, 0.2) is 28.9 Å². The van der Waals surface area contributed by atoms with E-state index in [4.69, 9.17) is 20.3 Å². The van der Waals surface area contributed by atoms with Gasteiger partial charge in [0.05, 0.1) is 23.1 Å². The van der Waals surface area contributed by atoms with E-state index in [0.717, 1.165) is 0 Å². The fraction of sp³-hybridized carbons (Fsp3) is 0.206. The van der Waals surface area contributed by atoms with Gasteiger partial charge in [-0.25, -0.2) is 25.1 Å². The van der Waals surface area contributed by atoms with Gasteiger partial charge in [0, 0.05) is 31.5 Å². The number of hydrogen-bond donors (Lipinski definition) is 6. The Morgan fingerprint density at radius 3 is 2.02 bits per heavy atom. The molecule has 0 bridgehead atoms. The van der Waals surface area contributed by atoms with Crippen LogP contribution >= 0.6 is 0 Å². The quantitative estimate of drug-likeness (QED) is 0.115. The Balaban J connectivity index is 1.37. The van der Waals surface area contributed by atoms with Crippen LogP contribution in [0.3, 0.4) is 0 Å². The van der Waals surface area contributed by atoms with E-state index in [-0.39, 0.29) is 75.0 Å². The van der Waals surface area contributed by atoms with E-state index < -0.39 is 23.6 Å². The normalized spacial score (nSPS) is 13.2. The van der Waals surface area contributed by atoms with Crippen LogP contribution in [0.4, 0.5) is 17.3 Å². The summed E-state index contributed by atoms with van der Waals surface area (Å²) in [5, 5.41) is 27.2. The summed E-state index contributed by atoms with van der Waals surface area (Å²) in [6, 6.07) is 5.11. The number of aromatic hydroxyl groups is 2. The lowest BCUT2D eigenvalue weighted by Crippen LogP contribution is -2.36. The van der Waals surface area contributed by atoms with Crippen LogP contribution in [0.5, 0.6) is 11.5 Å². The number of imidazole rings is 1. The predicted molar refractivity (Wildman–Crippen MR) is 185 cm³/mol. The van der Waals surface area contributed by atoms with Gasteiger partial charge in [-0.1, -0.05) is 24.9 Å². The zero-order valence-corrected chi connectivity index (χ0v) is 28.3. The number of hydrogen-bond acceptors (Lipinski definition) is 12. The average Bonchev–Trinajstić information content (AvgIpc) is 3.85. The first kappa shape index (κ1) is 34.7. The molecule has 0 fully saturated rings. The number of anilines is 1. The van der Waals surface area contributed by atoms with E-state index in [1.807, 2.05) is 13.8 Å². The number of aromatic nitrogens is 4. The lowest BCUT2D eigenvalue weighted by molar-refractivity contribution is -0.299. The number of phenolic OH excluding ortho intramolecular Hbond substituents is 2. The Morgan fingerprint density at radius 2 is 1.42 bits per heavy atom. The molecule has 4 amide bonds. The van der Waals surface area contributed by atoms with E-state index in [2.05, 4.69) is 30.6 Å². The molecule has 0 aliphatic carbocycles. The molecular weight excluding hydrogens is 676 g/mol. The third kappa shape index (κ3) is 6.47. The number of nitrogens with one attached hydrogen (secondary N) is 2. The average molecular weight is 710 g/mol. The highest BCUT2D eigenvalue weighted by molar-refractivity contribution is 6.07. The monoisotopic (exact) mass is 709 g/mol. The molecule has 52 heavy (non-hydrogen) atoms. The van der Waals surface area contributed by atoms with E-state index in [0.29, 0.717) is 36.0 Å². The van der Waals surface area contributed by atoms with E-state index >= 15 is 0 Å². The number of nitrogens with zero attached hydrogens (tertiary/aromatic N) is 6. The van der Waals surface area contributed by atoms with Gasteiger partial charge in [-0.05, 0) is 43.2 Å². The van der Waals surface area contributed by atoms with Crippen LogP contribution in [-0.2, 0) is 19.4 Å². The smallest absolute Gasteiger partial charge is 0.405 e. The highest BCUT2D eigenvalue weighted by Crippen LogP contribution is 2.41. The van der Waals surface area contributed by atoms with Gasteiger partial charge >= 0.3 is 11.9 Å². The lowest BCUT2D eigenvalue weighted by Gasteiger charge is -2.09. The molecule has 3 aromatic heterocycles. The molecule has 0 unspecified atom stereocenters. The van der Waals surface area contributed by atoms with Gasteiger partial charge < -0.3 is 35.1 Å². The maximum atomic E-state index is 13.3. The summed E-state index contributed by atoms with van der Waals surface area (Å²) in [4.78, 5) is 67.8. The summed E-state index contributed by atoms with van der Waals surface area (Å²) in [6.07, 6.45) is 5.51. The minimum atomic E-state index is -0.794. The third-order valence-electron chi connectivity index (χ3n) is 7.96. The van der Waals surface area contributed by atoms with Crippen molar-refractivity contribution in [1.29, 1.82) is 0 Å². The molecule has 4 heterocycles. The number of carbonyl (C=O) groups excluding carboxylic acids is 4. The first-order valence-corrected chi connectivity index (χ1v) is 15.9. The molecule has 18 heteroatoms. The number of fused-ring (bicyclic) bond motifs is 2. The highest BCUT2D eigenvalue weighted by Gasteiger charge is 2.35. The number of aliphatic imine (C=N–C) groups is 1. The Bertz CT molecular complexity index is 2410. The molecule has 0 spiro atoms. The van der Waals surface area contributed by atoms with Gasteiger partial charge in [0.25, 0.3) is 5.91 Å². The number of oxazole rings is 2. The second-order valence-electron chi connectivity index (χ2n) is 11.5. The number of rotatable bonds is 10. The van der Waals surface area contributed by atoms with Crippen LogP contribution in [0.15, 0.2) is 50.2 Å². The van der Waals surface area contributed by atoms with Crippen LogP contribution in [-0.4, -0.2) is 70.1 Å². The van der Waals surface area contributed by atoms with Gasteiger partial charge in [0.1, 0.15) is 11.3 Å². The summed E-state index contributed by atoms with van der Waals surface area (Å²) in [7, 11) is 0. The molecule has 2 aromatic carbocycles. The van der Waals surface area contributed by atoms with Crippen molar-refractivity contribution in [1.82, 2.24) is 24.8 Å². The van der Waals surface area contributed by atoms with Crippen molar-refractivity contribution in [2.75, 3.05) is 5.32 Å². The first-order chi connectivity index (χ1) is 24.8. The SMILES string of the molecule is CCc1nc(C)oc1C(=O)NC1=Nc2cc(C(N)=O)cc(O)c2/[N+]1=C/C=C/Cn1c(NC(=O)c2oc(C)nc2CC)nc2cc(C(N)=O)cc(O)c21. The second kappa shape index (κ2) is 13.7. The van der Waals surface area contributed by atoms with Gasteiger partial charge in [-0.2, -0.15) is 4.58 Å². The van der Waals surface area contributed by atoms with Crippen molar-refractivity contribution in [2.24, 2.45) is 16.5 Å². The molecule has 266 valence electrons. The standard InChI is InChI=1S/C34H32N10O8/c1-5-19-27(51-15(3)37-19)31(49)41-33-39-21-11-17(29(35)47)13-23(45)25(21)43(33)9-7-8-10-44-26-22(12-18(30(36)48)14-24(26)46)40-34(44)42-32(50)28-20(6-2)38-16(4)52-28/h7-9,11-14H,5-6,10H2,1-4H3,(H7-,35,36,39,40,41,42,45,46,47,48,49,50)/p+1/b8-7+,43-9-. The number of phenols is 2. The zero-order valence-electron chi connectivity index (χ0n) is 28.3. The molecule has 5 aromatic rings. The molecule has 8 N–H and O–H groups in total. The number of benzene rings is 2. The van der Waals surface area contributed by atoms with Gasteiger partial charge in [-0.3, -0.25) is 19.7 Å². The van der Waals surface area contributed by atoms with Crippen LogP contribution in [0.25, 0.3) is 11.0 Å². The Labute approximate surface area is 294 Å². The first-order valence-electron chi connectivity index (χ1n) is 15.9. The number of nitrogens with two attached hydrogens (primary N) is 2. The van der Waals surface area contributed by atoms with Gasteiger partial charge in [0.2, 0.25) is 29.3 Å². The number of carbonyl (C=O) groups is 4. The summed E-state index contributed by atoms with van der Waals surface area (Å²) in [5.41, 5.74) is 12.4. The number of amides is 4. The molecule has 18 nitrogen and oxygen atoms in total. The van der Waals surface area contributed by atoms with Gasteiger partial charge in [-0.15, -0.1) is 0 Å². The third-order valence-corrected chi connectivity index (χ3v) is 7.96. The Morgan fingerprint density at radius 1 is 0.846 bits per heavy atom. The lowest BCUT2D eigenvalue weighted by atomic mass is 10.1. The molecule has 6 rings (SSSR count). The molecule has 0 atom stereocenters. The van der Waals surface area contributed by atoms with Crippen molar-refractivity contribution >= 4 is 64.2 Å². The number of allylic oxidation sites excluding steroid dienone is 2. The van der Waals surface area contributed by atoms with E-state index in [9.17, 15) is 29.4 Å². The Kier molecular flexibility index (Phi) is 9.12. The summed E-state index contributed by atoms with van der Waals surface area (Å²) in [5.74, 6) is -2.98. The maximum absolute atomic E-state index is 13.3. The molecular formula is C34H33N10O8+.